The first kappa shape index (κ1) is 17.2. The largest absolute Gasteiger partial charge is 0.382 e. The number of nitriles is 1. The summed E-state index contributed by atoms with van der Waals surface area (Å²) in [6.45, 7) is 2.85. The quantitative estimate of drug-likeness (QED) is 0.876. The van der Waals surface area contributed by atoms with Gasteiger partial charge in [-0.05, 0) is 37.1 Å². The molecule has 0 aromatic heterocycles. The number of nitrogens with zero attached hydrogens (tertiary/aromatic N) is 3. The van der Waals surface area contributed by atoms with Crippen LogP contribution in [0, 0.1) is 11.3 Å². The van der Waals surface area contributed by atoms with Crippen molar-refractivity contribution in [2.45, 2.75) is 18.9 Å². The van der Waals surface area contributed by atoms with Crippen molar-refractivity contribution in [3.05, 3.63) is 29.8 Å². The van der Waals surface area contributed by atoms with Crippen LogP contribution in [0.2, 0.25) is 0 Å². The lowest BCUT2D eigenvalue weighted by molar-refractivity contribution is 0.0697. The molecule has 0 spiro atoms. The van der Waals surface area contributed by atoms with Gasteiger partial charge in [-0.25, -0.2) is 0 Å². The van der Waals surface area contributed by atoms with Gasteiger partial charge in [-0.3, -0.25) is 0 Å². The minimum Gasteiger partial charge on any atom is -0.382 e. The Morgan fingerprint density at radius 3 is 2.21 bits per heavy atom. The maximum atomic E-state index is 12.6. The maximum absolute atomic E-state index is 12.6. The van der Waals surface area contributed by atoms with Crippen LogP contribution in [-0.2, 0) is 14.9 Å². The number of benzene rings is 1. The van der Waals surface area contributed by atoms with E-state index in [-0.39, 0.29) is 6.04 Å². The zero-order valence-electron chi connectivity index (χ0n) is 13.5. The van der Waals surface area contributed by atoms with E-state index in [9.17, 15) is 8.42 Å². The molecule has 1 aromatic rings. The first-order chi connectivity index (χ1) is 11.6. The average molecular weight is 350 g/mol. The van der Waals surface area contributed by atoms with E-state index >= 15 is 0 Å². The van der Waals surface area contributed by atoms with E-state index in [4.69, 9.17) is 10.00 Å². The number of piperidine rings is 1. The Morgan fingerprint density at radius 1 is 1.04 bits per heavy atom. The second-order valence-electron chi connectivity index (χ2n) is 6.03. The van der Waals surface area contributed by atoms with Crippen LogP contribution in [0.15, 0.2) is 24.3 Å². The monoisotopic (exact) mass is 350 g/mol. The average Bonchev–Trinajstić information content (AvgIpc) is 2.63. The zero-order chi connectivity index (χ0) is 17.0. The molecular formula is C16H22N4O3S. The fourth-order valence-electron chi connectivity index (χ4n) is 3.05. The summed E-state index contributed by atoms with van der Waals surface area (Å²) >= 11 is 0. The van der Waals surface area contributed by atoms with Crippen molar-refractivity contribution in [2.24, 2.45) is 0 Å². The minimum atomic E-state index is -3.37. The normalized spacial score (nSPS) is 21.3. The summed E-state index contributed by atoms with van der Waals surface area (Å²) in [6.07, 6.45) is 1.53. The van der Waals surface area contributed by atoms with Crippen molar-refractivity contribution in [1.29, 1.82) is 5.26 Å². The van der Waals surface area contributed by atoms with Gasteiger partial charge in [0.25, 0.3) is 10.2 Å². The van der Waals surface area contributed by atoms with Gasteiger partial charge in [0.1, 0.15) is 0 Å². The second-order valence-corrected chi connectivity index (χ2v) is 7.95. The third-order valence-corrected chi connectivity index (χ3v) is 6.50. The highest BCUT2D eigenvalue weighted by molar-refractivity contribution is 7.86. The second kappa shape index (κ2) is 7.49. The molecule has 2 saturated heterocycles. The van der Waals surface area contributed by atoms with Gasteiger partial charge in [0.2, 0.25) is 0 Å². The van der Waals surface area contributed by atoms with Crippen molar-refractivity contribution < 1.29 is 13.2 Å². The Balaban J connectivity index is 1.54. The molecule has 2 heterocycles. The summed E-state index contributed by atoms with van der Waals surface area (Å²) in [5, 5.41) is 12.2. The van der Waals surface area contributed by atoms with Gasteiger partial charge in [-0.2, -0.15) is 22.3 Å². The van der Waals surface area contributed by atoms with Crippen molar-refractivity contribution >= 4 is 15.9 Å². The van der Waals surface area contributed by atoms with Gasteiger partial charge in [0.15, 0.2) is 0 Å². The summed E-state index contributed by atoms with van der Waals surface area (Å²) in [7, 11) is -3.37. The van der Waals surface area contributed by atoms with Gasteiger partial charge >= 0.3 is 0 Å². The summed E-state index contributed by atoms with van der Waals surface area (Å²) in [5.41, 5.74) is 1.59. The third kappa shape index (κ3) is 3.87. The number of nitrogens with one attached hydrogen (secondary N) is 1. The van der Waals surface area contributed by atoms with Crippen molar-refractivity contribution in [1.82, 2.24) is 8.61 Å². The Bertz CT molecular complexity index is 685. The summed E-state index contributed by atoms with van der Waals surface area (Å²) in [4.78, 5) is 0. The third-order valence-electron chi connectivity index (χ3n) is 4.46. The number of hydrogen-bond acceptors (Lipinski definition) is 5. The van der Waals surface area contributed by atoms with Crippen molar-refractivity contribution in [2.75, 3.05) is 44.7 Å². The fraction of sp³-hybridized carbons (Fsp3) is 0.562. The standard InChI is InChI=1S/C16H22N4O3S/c17-13-14-1-3-15(4-2-14)18-16-5-7-19(8-6-16)24(21,22)20-9-11-23-12-10-20/h1-4,16,18H,5-12H2. The number of ether oxygens (including phenoxy) is 1. The van der Waals surface area contributed by atoms with Gasteiger partial charge in [-0.1, -0.05) is 0 Å². The number of morpholine rings is 1. The lowest BCUT2D eigenvalue weighted by Gasteiger charge is -2.36. The molecule has 2 aliphatic rings. The van der Waals surface area contributed by atoms with E-state index in [2.05, 4.69) is 11.4 Å². The highest BCUT2D eigenvalue weighted by atomic mass is 32.2. The predicted octanol–water partition coefficient (Wildman–Crippen LogP) is 1.01. The molecule has 1 aromatic carbocycles. The SMILES string of the molecule is N#Cc1ccc(NC2CCN(S(=O)(=O)N3CCOCC3)CC2)cc1. The number of hydrogen-bond donors (Lipinski definition) is 1. The predicted molar refractivity (Wildman–Crippen MR) is 90.7 cm³/mol. The molecule has 0 aliphatic carbocycles. The molecule has 8 heteroatoms. The number of anilines is 1. The smallest absolute Gasteiger partial charge is 0.282 e. The summed E-state index contributed by atoms with van der Waals surface area (Å²) in [6, 6.07) is 9.67. The van der Waals surface area contributed by atoms with E-state index in [1.165, 1.54) is 4.31 Å². The lowest BCUT2D eigenvalue weighted by Crippen LogP contribution is -2.51. The number of rotatable bonds is 4. The van der Waals surface area contributed by atoms with Crippen LogP contribution in [-0.4, -0.2) is 62.5 Å². The van der Waals surface area contributed by atoms with E-state index in [1.54, 1.807) is 16.4 Å². The molecule has 1 N–H and O–H groups in total. The van der Waals surface area contributed by atoms with Crippen molar-refractivity contribution in [3.8, 4) is 6.07 Å². The molecule has 0 amide bonds. The van der Waals surface area contributed by atoms with Crippen LogP contribution in [0.25, 0.3) is 0 Å². The van der Waals surface area contributed by atoms with Gasteiger partial charge in [-0.15, -0.1) is 0 Å². The van der Waals surface area contributed by atoms with Crippen LogP contribution < -0.4 is 5.32 Å². The van der Waals surface area contributed by atoms with E-state index < -0.39 is 10.2 Å². The molecule has 24 heavy (non-hydrogen) atoms. The topological polar surface area (TPSA) is 85.7 Å². The van der Waals surface area contributed by atoms with Crippen LogP contribution in [0.3, 0.4) is 0 Å². The summed E-state index contributed by atoms with van der Waals surface area (Å²) in [5.74, 6) is 0. The zero-order valence-corrected chi connectivity index (χ0v) is 14.3. The van der Waals surface area contributed by atoms with E-state index in [0.717, 1.165) is 18.5 Å². The van der Waals surface area contributed by atoms with Crippen molar-refractivity contribution in [3.63, 3.8) is 0 Å². The Morgan fingerprint density at radius 2 is 1.62 bits per heavy atom. The van der Waals surface area contributed by atoms with Crippen LogP contribution in [0.4, 0.5) is 5.69 Å². The maximum Gasteiger partial charge on any atom is 0.282 e. The van der Waals surface area contributed by atoms with E-state index in [0.29, 0.717) is 45.0 Å². The first-order valence-corrected chi connectivity index (χ1v) is 9.59. The molecule has 2 fully saturated rings. The molecule has 130 valence electrons. The molecular weight excluding hydrogens is 328 g/mol. The Kier molecular flexibility index (Phi) is 5.36. The molecule has 0 unspecified atom stereocenters. The molecule has 7 nitrogen and oxygen atoms in total. The fourth-order valence-corrected chi connectivity index (χ4v) is 4.66. The van der Waals surface area contributed by atoms with Crippen LogP contribution in [0.1, 0.15) is 18.4 Å². The molecule has 0 radical (unpaired) electrons. The molecule has 0 saturated carbocycles. The molecule has 2 aliphatic heterocycles. The molecule has 0 bridgehead atoms. The van der Waals surface area contributed by atoms with Gasteiger partial charge in [0, 0.05) is 37.9 Å². The lowest BCUT2D eigenvalue weighted by atomic mass is 10.1. The Hall–Kier alpha value is -1.66. The Labute approximate surface area is 143 Å². The van der Waals surface area contributed by atoms with Gasteiger partial charge < -0.3 is 10.1 Å². The highest BCUT2D eigenvalue weighted by Gasteiger charge is 2.33. The molecule has 0 atom stereocenters. The van der Waals surface area contributed by atoms with Crippen LogP contribution >= 0.6 is 0 Å². The minimum absolute atomic E-state index is 0.245. The van der Waals surface area contributed by atoms with E-state index in [1.807, 2.05) is 12.1 Å². The molecule has 3 rings (SSSR count). The first-order valence-electron chi connectivity index (χ1n) is 8.19. The summed E-state index contributed by atoms with van der Waals surface area (Å²) < 4.78 is 33.6. The highest BCUT2D eigenvalue weighted by Crippen LogP contribution is 2.21. The van der Waals surface area contributed by atoms with Crippen LogP contribution in [0.5, 0.6) is 0 Å². The van der Waals surface area contributed by atoms with Gasteiger partial charge in [0.05, 0.1) is 24.8 Å².